The van der Waals surface area contributed by atoms with Gasteiger partial charge in [0.25, 0.3) is 5.91 Å². The van der Waals surface area contributed by atoms with E-state index in [0.29, 0.717) is 11.1 Å². The van der Waals surface area contributed by atoms with E-state index in [9.17, 15) is 23.1 Å². The smallest absolute Gasteiger partial charge is 0.422 e. The van der Waals surface area contributed by atoms with Crippen LogP contribution in [-0.2, 0) is 4.79 Å². The Labute approximate surface area is 136 Å². The molecule has 0 spiro atoms. The molecule has 2 aromatic rings. The molecule has 0 aliphatic rings. The predicted molar refractivity (Wildman–Crippen MR) is 82.8 cm³/mol. The zero-order valence-corrected chi connectivity index (χ0v) is 12.8. The average molecular weight is 339 g/mol. The Morgan fingerprint density at radius 2 is 1.88 bits per heavy atom. The Morgan fingerprint density at radius 1 is 1.21 bits per heavy atom. The minimum Gasteiger partial charge on any atom is -0.482 e. The molecule has 1 amide bonds. The number of rotatable bonds is 5. The average Bonchev–Trinajstić information content (AvgIpc) is 2.54. The number of ether oxygens (including phenoxy) is 1. The number of aliphatic hydroxyl groups excluding tert-OH is 1. The van der Waals surface area contributed by atoms with E-state index in [1.807, 2.05) is 0 Å². The lowest BCUT2D eigenvalue weighted by molar-refractivity contribution is -0.153. The third kappa shape index (κ3) is 4.99. The first-order chi connectivity index (χ1) is 11.3. The Bertz CT molecular complexity index is 702. The minimum atomic E-state index is -4.49. The van der Waals surface area contributed by atoms with E-state index in [-0.39, 0.29) is 11.4 Å². The number of aliphatic hydroxyl groups is 1. The molecule has 0 heterocycles. The maximum atomic E-state index is 12.3. The number of benzene rings is 2. The van der Waals surface area contributed by atoms with E-state index >= 15 is 0 Å². The highest BCUT2D eigenvalue weighted by molar-refractivity contribution is 5.96. The van der Waals surface area contributed by atoms with Crippen molar-refractivity contribution in [2.24, 2.45) is 0 Å². The first kappa shape index (κ1) is 17.8. The van der Waals surface area contributed by atoms with E-state index in [2.05, 4.69) is 5.32 Å². The summed E-state index contributed by atoms with van der Waals surface area (Å²) in [6.45, 7) is 0.214. The van der Waals surface area contributed by atoms with Crippen LogP contribution in [0.5, 0.6) is 5.75 Å². The Hall–Kier alpha value is -2.54. The number of hydrogen-bond donors (Lipinski definition) is 2. The standard InChI is InChI=1S/C17H16F3NO3/c1-11-7-8-13(14(9-11)24-10-17(18,19)20)21-16(23)15(22)12-5-3-2-4-6-12/h2-9,15,22H,10H2,1H3,(H,21,23). The summed E-state index contributed by atoms with van der Waals surface area (Å²) in [5.41, 5.74) is 1.11. The second kappa shape index (κ2) is 7.35. The van der Waals surface area contributed by atoms with Gasteiger partial charge >= 0.3 is 6.18 Å². The second-order valence-electron chi connectivity index (χ2n) is 5.21. The number of amides is 1. The molecule has 0 aromatic heterocycles. The minimum absolute atomic E-state index is 0.0600. The van der Waals surface area contributed by atoms with Gasteiger partial charge in [-0.1, -0.05) is 36.4 Å². The molecule has 0 radical (unpaired) electrons. The topological polar surface area (TPSA) is 58.6 Å². The number of aryl methyl sites for hydroxylation is 1. The van der Waals surface area contributed by atoms with Crippen molar-refractivity contribution in [1.82, 2.24) is 0 Å². The molecule has 0 fully saturated rings. The van der Waals surface area contributed by atoms with Crippen LogP contribution in [0.15, 0.2) is 48.5 Å². The lowest BCUT2D eigenvalue weighted by atomic mass is 10.1. The van der Waals surface area contributed by atoms with Crippen molar-refractivity contribution in [1.29, 1.82) is 0 Å². The number of anilines is 1. The Balaban J connectivity index is 2.15. The fourth-order valence-electron chi connectivity index (χ4n) is 2.00. The molecule has 0 aliphatic carbocycles. The summed E-state index contributed by atoms with van der Waals surface area (Å²) in [6, 6.07) is 12.6. The first-order valence-electron chi connectivity index (χ1n) is 7.10. The molecule has 0 aliphatic heterocycles. The van der Waals surface area contributed by atoms with Gasteiger partial charge in [0.05, 0.1) is 5.69 Å². The molecule has 0 saturated heterocycles. The molecule has 2 rings (SSSR count). The molecule has 7 heteroatoms. The summed E-state index contributed by atoms with van der Waals surface area (Å²) in [5, 5.41) is 12.4. The summed E-state index contributed by atoms with van der Waals surface area (Å²) in [4.78, 5) is 12.1. The van der Waals surface area contributed by atoms with Gasteiger partial charge in [0.15, 0.2) is 12.7 Å². The van der Waals surface area contributed by atoms with Crippen molar-refractivity contribution in [3.8, 4) is 5.75 Å². The third-order valence-corrected chi connectivity index (χ3v) is 3.15. The molecule has 128 valence electrons. The van der Waals surface area contributed by atoms with E-state index in [0.717, 1.165) is 0 Å². The molecule has 24 heavy (non-hydrogen) atoms. The second-order valence-corrected chi connectivity index (χ2v) is 5.21. The monoisotopic (exact) mass is 339 g/mol. The number of carbonyl (C=O) groups excluding carboxylic acids is 1. The van der Waals surface area contributed by atoms with Crippen molar-refractivity contribution in [3.63, 3.8) is 0 Å². The van der Waals surface area contributed by atoms with Gasteiger partial charge in [0, 0.05) is 0 Å². The van der Waals surface area contributed by atoms with Crippen LogP contribution in [0, 0.1) is 6.92 Å². The summed E-state index contributed by atoms with van der Waals surface area (Å²) in [6.07, 6.45) is -5.93. The quantitative estimate of drug-likeness (QED) is 0.875. The fourth-order valence-corrected chi connectivity index (χ4v) is 2.00. The van der Waals surface area contributed by atoms with Crippen molar-refractivity contribution in [3.05, 3.63) is 59.7 Å². The van der Waals surface area contributed by atoms with Gasteiger partial charge in [-0.05, 0) is 30.2 Å². The van der Waals surface area contributed by atoms with Crippen LogP contribution in [0.3, 0.4) is 0 Å². The van der Waals surface area contributed by atoms with Crippen molar-refractivity contribution < 1.29 is 27.8 Å². The largest absolute Gasteiger partial charge is 0.482 e. The highest BCUT2D eigenvalue weighted by Gasteiger charge is 2.29. The van der Waals surface area contributed by atoms with Crippen LogP contribution < -0.4 is 10.1 Å². The van der Waals surface area contributed by atoms with Gasteiger partial charge in [-0.25, -0.2) is 0 Å². The molecule has 2 N–H and O–H groups in total. The summed E-state index contributed by atoms with van der Waals surface area (Å²) >= 11 is 0. The number of carbonyl (C=O) groups is 1. The van der Waals surface area contributed by atoms with Crippen molar-refractivity contribution in [2.75, 3.05) is 11.9 Å². The molecular formula is C17H16F3NO3. The number of halogens is 3. The normalized spacial score (nSPS) is 12.5. The lowest BCUT2D eigenvalue weighted by Gasteiger charge is -2.16. The van der Waals surface area contributed by atoms with E-state index in [1.54, 1.807) is 43.3 Å². The lowest BCUT2D eigenvalue weighted by Crippen LogP contribution is -2.23. The number of hydrogen-bond acceptors (Lipinski definition) is 3. The molecule has 4 nitrogen and oxygen atoms in total. The highest BCUT2D eigenvalue weighted by atomic mass is 19.4. The van der Waals surface area contributed by atoms with Gasteiger partial charge in [-0.2, -0.15) is 13.2 Å². The van der Waals surface area contributed by atoms with Crippen LogP contribution in [0.2, 0.25) is 0 Å². The summed E-state index contributed by atoms with van der Waals surface area (Å²) in [7, 11) is 0. The maximum absolute atomic E-state index is 12.3. The van der Waals surface area contributed by atoms with Crippen LogP contribution in [-0.4, -0.2) is 23.8 Å². The van der Waals surface area contributed by atoms with Crippen molar-refractivity contribution in [2.45, 2.75) is 19.2 Å². The zero-order chi connectivity index (χ0) is 17.7. The molecule has 0 saturated carbocycles. The summed E-state index contributed by atoms with van der Waals surface area (Å²) < 4.78 is 41.7. The number of alkyl halides is 3. The van der Waals surface area contributed by atoms with Crippen molar-refractivity contribution >= 4 is 11.6 Å². The van der Waals surface area contributed by atoms with Crippen LogP contribution >= 0.6 is 0 Å². The van der Waals surface area contributed by atoms with E-state index in [4.69, 9.17) is 4.74 Å². The molecule has 2 aromatic carbocycles. The SMILES string of the molecule is Cc1ccc(NC(=O)C(O)c2ccccc2)c(OCC(F)(F)F)c1. The summed E-state index contributed by atoms with van der Waals surface area (Å²) in [5.74, 6) is -0.872. The predicted octanol–water partition coefficient (Wildman–Crippen LogP) is 3.61. The first-order valence-corrected chi connectivity index (χ1v) is 7.10. The Morgan fingerprint density at radius 3 is 2.50 bits per heavy atom. The molecule has 1 atom stereocenters. The van der Waals surface area contributed by atoms with Gasteiger partial charge in [0.1, 0.15) is 5.75 Å². The zero-order valence-electron chi connectivity index (χ0n) is 12.8. The van der Waals surface area contributed by atoms with E-state index < -0.39 is 24.8 Å². The van der Waals surface area contributed by atoms with Gasteiger partial charge in [-0.3, -0.25) is 4.79 Å². The maximum Gasteiger partial charge on any atom is 0.422 e. The van der Waals surface area contributed by atoms with Crippen LogP contribution in [0.4, 0.5) is 18.9 Å². The Kier molecular flexibility index (Phi) is 5.46. The highest BCUT2D eigenvalue weighted by Crippen LogP contribution is 2.29. The van der Waals surface area contributed by atoms with E-state index in [1.165, 1.54) is 12.1 Å². The van der Waals surface area contributed by atoms with Gasteiger partial charge < -0.3 is 15.2 Å². The third-order valence-electron chi connectivity index (χ3n) is 3.15. The number of nitrogens with one attached hydrogen (secondary N) is 1. The molecule has 1 unspecified atom stereocenters. The van der Waals surface area contributed by atoms with Gasteiger partial charge in [-0.15, -0.1) is 0 Å². The van der Waals surface area contributed by atoms with Crippen LogP contribution in [0.1, 0.15) is 17.2 Å². The van der Waals surface area contributed by atoms with Crippen LogP contribution in [0.25, 0.3) is 0 Å². The molecule has 0 bridgehead atoms. The fraction of sp³-hybridized carbons (Fsp3) is 0.235. The molecular weight excluding hydrogens is 323 g/mol. The van der Waals surface area contributed by atoms with Gasteiger partial charge in [0.2, 0.25) is 0 Å².